The van der Waals surface area contributed by atoms with Crippen LogP contribution in [0.25, 0.3) is 0 Å². The minimum atomic E-state index is 0.158. The van der Waals surface area contributed by atoms with E-state index < -0.39 is 0 Å². The molecule has 0 amide bonds. The normalized spacial score (nSPS) is 28.0. The van der Waals surface area contributed by atoms with E-state index in [1.54, 1.807) is 0 Å². The Morgan fingerprint density at radius 2 is 2.00 bits per heavy atom. The fourth-order valence-corrected chi connectivity index (χ4v) is 1.53. The molecule has 2 heteroatoms. The van der Waals surface area contributed by atoms with Crippen molar-refractivity contribution in [2.45, 2.75) is 46.1 Å². The lowest BCUT2D eigenvalue weighted by atomic mass is 10.1. The Hall–Kier alpha value is -0.0800. The Morgan fingerprint density at radius 1 is 1.33 bits per heavy atom. The minimum Gasteiger partial charge on any atom is -0.394 e. The quantitative estimate of drug-likeness (QED) is 0.711. The van der Waals surface area contributed by atoms with Crippen LogP contribution in [0.5, 0.6) is 0 Å². The first-order valence-corrected chi connectivity index (χ1v) is 5.05. The van der Waals surface area contributed by atoms with Crippen LogP contribution in [0.4, 0.5) is 0 Å². The zero-order valence-electron chi connectivity index (χ0n) is 8.55. The van der Waals surface area contributed by atoms with Crippen LogP contribution in [0.3, 0.4) is 0 Å². The second-order valence-electron chi connectivity index (χ2n) is 3.13. The SMILES string of the molecule is CC.CC1CCC(OCCO)C1. The van der Waals surface area contributed by atoms with Crippen LogP contribution in [0.15, 0.2) is 0 Å². The van der Waals surface area contributed by atoms with Gasteiger partial charge in [-0.05, 0) is 25.2 Å². The van der Waals surface area contributed by atoms with Gasteiger partial charge in [0.05, 0.1) is 19.3 Å². The number of aliphatic hydroxyl groups excluding tert-OH is 1. The summed E-state index contributed by atoms with van der Waals surface area (Å²) >= 11 is 0. The van der Waals surface area contributed by atoms with Gasteiger partial charge in [0, 0.05) is 0 Å². The van der Waals surface area contributed by atoms with Gasteiger partial charge in [0.2, 0.25) is 0 Å². The van der Waals surface area contributed by atoms with Gasteiger partial charge >= 0.3 is 0 Å². The maximum atomic E-state index is 8.47. The number of aliphatic hydroxyl groups is 1. The summed E-state index contributed by atoms with van der Waals surface area (Å²) < 4.78 is 5.37. The summed E-state index contributed by atoms with van der Waals surface area (Å²) in [6.45, 7) is 6.92. The molecule has 1 fully saturated rings. The second-order valence-corrected chi connectivity index (χ2v) is 3.13. The predicted molar refractivity (Wildman–Crippen MR) is 51.2 cm³/mol. The van der Waals surface area contributed by atoms with Crippen molar-refractivity contribution < 1.29 is 9.84 Å². The molecular weight excluding hydrogens is 152 g/mol. The van der Waals surface area contributed by atoms with Crippen LogP contribution < -0.4 is 0 Å². The van der Waals surface area contributed by atoms with E-state index in [0.717, 1.165) is 5.92 Å². The van der Waals surface area contributed by atoms with Gasteiger partial charge in [-0.15, -0.1) is 0 Å². The van der Waals surface area contributed by atoms with Crippen molar-refractivity contribution >= 4 is 0 Å². The fourth-order valence-electron chi connectivity index (χ4n) is 1.53. The maximum Gasteiger partial charge on any atom is 0.0701 e. The average Bonchev–Trinajstić information content (AvgIpc) is 2.51. The van der Waals surface area contributed by atoms with E-state index in [1.165, 1.54) is 19.3 Å². The molecule has 0 aliphatic heterocycles. The van der Waals surface area contributed by atoms with Crippen LogP contribution in [0.2, 0.25) is 0 Å². The smallest absolute Gasteiger partial charge is 0.0701 e. The van der Waals surface area contributed by atoms with Crippen molar-refractivity contribution in [1.29, 1.82) is 0 Å². The van der Waals surface area contributed by atoms with Crippen molar-refractivity contribution in [2.75, 3.05) is 13.2 Å². The average molecular weight is 174 g/mol. The molecule has 1 rings (SSSR count). The van der Waals surface area contributed by atoms with Crippen LogP contribution in [-0.4, -0.2) is 24.4 Å². The Labute approximate surface area is 75.9 Å². The lowest BCUT2D eigenvalue weighted by molar-refractivity contribution is 0.0312. The minimum absolute atomic E-state index is 0.158. The molecule has 2 atom stereocenters. The molecule has 1 saturated carbocycles. The van der Waals surface area contributed by atoms with Crippen molar-refractivity contribution in [3.8, 4) is 0 Å². The first-order chi connectivity index (χ1) is 5.83. The molecule has 12 heavy (non-hydrogen) atoms. The van der Waals surface area contributed by atoms with Crippen LogP contribution >= 0.6 is 0 Å². The Balaban J connectivity index is 0.000000561. The largest absolute Gasteiger partial charge is 0.394 e. The van der Waals surface area contributed by atoms with E-state index in [1.807, 2.05) is 13.8 Å². The monoisotopic (exact) mass is 174 g/mol. The van der Waals surface area contributed by atoms with Gasteiger partial charge in [-0.25, -0.2) is 0 Å². The summed E-state index contributed by atoms with van der Waals surface area (Å²) in [5.74, 6) is 0.823. The third-order valence-corrected chi connectivity index (χ3v) is 2.09. The van der Waals surface area contributed by atoms with E-state index >= 15 is 0 Å². The van der Waals surface area contributed by atoms with E-state index in [0.29, 0.717) is 12.7 Å². The fraction of sp³-hybridized carbons (Fsp3) is 1.00. The molecule has 0 aromatic heterocycles. The molecule has 0 heterocycles. The van der Waals surface area contributed by atoms with Gasteiger partial charge in [-0.2, -0.15) is 0 Å². The Morgan fingerprint density at radius 3 is 2.42 bits per heavy atom. The third-order valence-electron chi connectivity index (χ3n) is 2.09. The van der Waals surface area contributed by atoms with Gasteiger partial charge in [-0.3, -0.25) is 0 Å². The number of ether oxygens (including phenoxy) is 1. The van der Waals surface area contributed by atoms with E-state index in [4.69, 9.17) is 9.84 Å². The summed E-state index contributed by atoms with van der Waals surface area (Å²) in [6.07, 6.45) is 4.08. The maximum absolute atomic E-state index is 8.47. The van der Waals surface area contributed by atoms with Gasteiger partial charge < -0.3 is 9.84 Å². The molecule has 0 bridgehead atoms. The van der Waals surface area contributed by atoms with Crippen LogP contribution in [0.1, 0.15) is 40.0 Å². The molecule has 1 aliphatic carbocycles. The van der Waals surface area contributed by atoms with Crippen molar-refractivity contribution in [3.63, 3.8) is 0 Å². The number of hydrogen-bond acceptors (Lipinski definition) is 2. The molecule has 0 radical (unpaired) electrons. The Bertz CT molecular complexity index is 93.8. The van der Waals surface area contributed by atoms with Gasteiger partial charge in [0.25, 0.3) is 0 Å². The zero-order chi connectivity index (χ0) is 9.40. The first kappa shape index (κ1) is 11.9. The van der Waals surface area contributed by atoms with Crippen molar-refractivity contribution in [2.24, 2.45) is 5.92 Å². The first-order valence-electron chi connectivity index (χ1n) is 5.05. The molecule has 2 nitrogen and oxygen atoms in total. The summed E-state index contributed by atoms with van der Waals surface area (Å²) in [7, 11) is 0. The molecule has 0 aromatic carbocycles. The summed E-state index contributed by atoms with van der Waals surface area (Å²) in [5, 5.41) is 8.47. The van der Waals surface area contributed by atoms with Crippen molar-refractivity contribution in [1.82, 2.24) is 0 Å². The highest BCUT2D eigenvalue weighted by Gasteiger charge is 2.20. The lowest BCUT2D eigenvalue weighted by Gasteiger charge is -2.09. The molecule has 1 N–H and O–H groups in total. The highest BCUT2D eigenvalue weighted by Crippen LogP contribution is 2.26. The second kappa shape index (κ2) is 7.56. The number of rotatable bonds is 3. The molecule has 0 spiro atoms. The number of hydrogen-bond donors (Lipinski definition) is 1. The predicted octanol–water partition coefficient (Wildman–Crippen LogP) is 2.21. The standard InChI is InChI=1S/C8H16O2.C2H6/c1-7-2-3-8(6-7)10-5-4-9;1-2/h7-9H,2-6H2,1H3;1-2H3. The van der Waals surface area contributed by atoms with E-state index in [9.17, 15) is 0 Å². The highest BCUT2D eigenvalue weighted by atomic mass is 16.5. The van der Waals surface area contributed by atoms with Gasteiger partial charge in [-0.1, -0.05) is 20.8 Å². The van der Waals surface area contributed by atoms with Gasteiger partial charge in [0.1, 0.15) is 0 Å². The summed E-state index contributed by atoms with van der Waals surface area (Å²) in [5.41, 5.74) is 0. The molecule has 74 valence electrons. The molecule has 2 unspecified atom stereocenters. The van der Waals surface area contributed by atoms with Gasteiger partial charge in [0.15, 0.2) is 0 Å². The van der Waals surface area contributed by atoms with E-state index in [2.05, 4.69) is 6.92 Å². The summed E-state index contributed by atoms with van der Waals surface area (Å²) in [4.78, 5) is 0. The molecule has 0 saturated heterocycles. The topological polar surface area (TPSA) is 29.5 Å². The van der Waals surface area contributed by atoms with Crippen molar-refractivity contribution in [3.05, 3.63) is 0 Å². The molecule has 1 aliphatic rings. The Kier molecular flexibility index (Phi) is 7.51. The lowest BCUT2D eigenvalue weighted by Crippen LogP contribution is -2.11. The third kappa shape index (κ3) is 4.73. The van der Waals surface area contributed by atoms with Crippen LogP contribution in [0, 0.1) is 5.92 Å². The molecular formula is C10H22O2. The van der Waals surface area contributed by atoms with E-state index in [-0.39, 0.29) is 6.61 Å². The summed E-state index contributed by atoms with van der Waals surface area (Å²) in [6, 6.07) is 0. The molecule has 0 aromatic rings. The highest BCUT2D eigenvalue weighted by molar-refractivity contribution is 4.72. The van der Waals surface area contributed by atoms with Crippen LogP contribution in [-0.2, 0) is 4.74 Å². The zero-order valence-corrected chi connectivity index (χ0v) is 8.55.